The number of pyridine rings is 3. The number of nitrogens with zero attached hydrogens (tertiary/aromatic N) is 6. The fourth-order valence-corrected chi connectivity index (χ4v) is 14.9. The van der Waals surface area contributed by atoms with Crippen molar-refractivity contribution in [3.8, 4) is 40.2 Å². The van der Waals surface area contributed by atoms with Crippen LogP contribution in [-0.2, 0) is 68.3 Å². The lowest BCUT2D eigenvalue weighted by molar-refractivity contribution is -0.274. The van der Waals surface area contributed by atoms with Gasteiger partial charge in [-0.15, -0.1) is 13.2 Å². The lowest BCUT2D eigenvalue weighted by atomic mass is 9.51. The summed E-state index contributed by atoms with van der Waals surface area (Å²) < 4.78 is 76.3. The van der Waals surface area contributed by atoms with Crippen LogP contribution in [-0.4, -0.2) is 94.7 Å². The molecule has 4 bridgehead atoms. The molecule has 10 aromatic rings. The average Bonchev–Trinajstić information content (AvgIpc) is 0.882. The van der Waals surface area contributed by atoms with Crippen molar-refractivity contribution in [3.63, 3.8) is 0 Å². The van der Waals surface area contributed by atoms with Gasteiger partial charge in [-0.2, -0.15) is 0 Å². The molecule has 16 nitrogen and oxygen atoms in total. The number of ether oxygens (including phenoxy) is 7. The molecule has 5 aliphatic rings. The lowest BCUT2D eigenvalue weighted by Crippen LogP contribution is -2.52. The topological polar surface area (TPSA) is 164 Å². The predicted molar refractivity (Wildman–Crippen MR) is 407 cm³/mol. The molecule has 7 aromatic carbocycles. The first-order valence-corrected chi connectivity index (χ1v) is 37.1. The molecular formula is C89H93F3N6O10. The monoisotopic (exact) mass is 1460 g/mol. The van der Waals surface area contributed by atoms with Gasteiger partial charge < -0.3 is 47.9 Å². The van der Waals surface area contributed by atoms with Crippen molar-refractivity contribution in [3.05, 3.63) is 299 Å². The van der Waals surface area contributed by atoms with Crippen molar-refractivity contribution in [1.29, 1.82) is 0 Å². The molecule has 15 rings (SSSR count). The standard InChI is InChI=1S/C33H38N2O3.C30H27F3N2O4.C26H28N2O3/c1-37-31-20-24(10-11-30(31)38-22-23-7-3-2-4-8-23)21-35(14-12-29-9-5-6-13-34-29)33(36)32-27-16-25-15-26(18-27)19-28(32)17-25;1-37-28-19-23(10-15-27(28)38-21-22-7-3-2-4-8-22)20-35(18-16-25-9-5-6-17-34-25)29(36)24-11-13-26(14-12-24)39-30(31,32)33;1-30-25-17-21(10-13-24(25)31-19-20-7-3-2-4-8-20)18-28(26(29)22-11-12-22)16-14-23-9-5-6-15-27-23/h2-11,13,20,25-28,32H,12,14-19,21-22H2,1H3;2-15,17,19H,16,18,20-21H2,1H3;2-10,13,15,17,22H,11-12,14,16,18-19H2,1H3. The fraction of sp³-hybridized carbons (Fsp3) is 0.326. The van der Waals surface area contributed by atoms with E-state index in [2.05, 4.69) is 42.8 Å². The zero-order chi connectivity index (χ0) is 75.0. The zero-order valence-electron chi connectivity index (χ0n) is 61.4. The Bertz CT molecular complexity index is 4440. The van der Waals surface area contributed by atoms with Crippen molar-refractivity contribution in [2.75, 3.05) is 41.0 Å². The summed E-state index contributed by atoms with van der Waals surface area (Å²) in [5, 5.41) is 0. The Hall–Kier alpha value is -11.2. The number of methoxy groups -OCH3 is 3. The van der Waals surface area contributed by atoms with Crippen molar-refractivity contribution in [2.45, 2.75) is 110 Å². The third-order valence-electron chi connectivity index (χ3n) is 20.3. The first kappa shape index (κ1) is 76.4. The zero-order valence-corrected chi connectivity index (χ0v) is 61.4. The number of hydrogen-bond acceptors (Lipinski definition) is 13. The Morgan fingerprint density at radius 1 is 0.398 bits per heavy atom. The van der Waals surface area contributed by atoms with Gasteiger partial charge in [0.1, 0.15) is 25.6 Å². The highest BCUT2D eigenvalue weighted by molar-refractivity contribution is 5.94. The van der Waals surface area contributed by atoms with Crippen LogP contribution in [0.5, 0.6) is 40.2 Å². The second-order valence-electron chi connectivity index (χ2n) is 28.0. The fourth-order valence-electron chi connectivity index (χ4n) is 14.9. The Kier molecular flexibility index (Phi) is 26.8. The molecule has 19 heteroatoms. The van der Waals surface area contributed by atoms with Crippen LogP contribution in [0.4, 0.5) is 13.2 Å². The minimum absolute atomic E-state index is 0.180. The van der Waals surface area contributed by atoms with Crippen LogP contribution in [0.2, 0.25) is 0 Å². The van der Waals surface area contributed by atoms with E-state index in [1.54, 1.807) is 44.7 Å². The van der Waals surface area contributed by atoms with Gasteiger partial charge >= 0.3 is 6.36 Å². The van der Waals surface area contributed by atoms with Crippen molar-refractivity contribution in [2.24, 2.45) is 35.5 Å². The van der Waals surface area contributed by atoms with Crippen LogP contribution < -0.4 is 33.2 Å². The minimum atomic E-state index is -4.81. The molecule has 0 spiro atoms. The van der Waals surface area contributed by atoms with Gasteiger partial charge in [0.25, 0.3) is 5.91 Å². The van der Waals surface area contributed by atoms with E-state index < -0.39 is 12.1 Å². The van der Waals surface area contributed by atoms with Crippen molar-refractivity contribution in [1.82, 2.24) is 29.7 Å². The predicted octanol–water partition coefficient (Wildman–Crippen LogP) is 17.4. The third-order valence-corrected chi connectivity index (χ3v) is 20.3. The highest BCUT2D eigenvalue weighted by Gasteiger charge is 2.51. The van der Waals surface area contributed by atoms with E-state index in [-0.39, 0.29) is 35.8 Å². The highest BCUT2D eigenvalue weighted by Crippen LogP contribution is 2.57. The van der Waals surface area contributed by atoms with Crippen LogP contribution in [0.3, 0.4) is 0 Å². The van der Waals surface area contributed by atoms with E-state index in [1.807, 2.05) is 187 Å². The second-order valence-corrected chi connectivity index (χ2v) is 28.0. The number of rotatable bonds is 31. The van der Waals surface area contributed by atoms with Gasteiger partial charge in [-0.1, -0.05) is 127 Å². The largest absolute Gasteiger partial charge is 0.573 e. The maximum absolute atomic E-state index is 14.2. The van der Waals surface area contributed by atoms with Gasteiger partial charge in [0, 0.05) is 112 Å². The normalized spacial score (nSPS) is 16.6. The number of hydrogen-bond donors (Lipinski definition) is 0. The molecule has 108 heavy (non-hydrogen) atoms. The number of benzene rings is 7. The number of aromatic nitrogens is 3. The van der Waals surface area contributed by atoms with Gasteiger partial charge in [0.05, 0.1) is 21.3 Å². The summed E-state index contributed by atoms with van der Waals surface area (Å²) in [6.07, 6.45) is 10.9. The smallest absolute Gasteiger partial charge is 0.493 e. The molecule has 3 aromatic heterocycles. The van der Waals surface area contributed by atoms with Crippen LogP contribution in [0, 0.1) is 35.5 Å². The van der Waals surface area contributed by atoms with E-state index in [9.17, 15) is 27.6 Å². The highest BCUT2D eigenvalue weighted by atomic mass is 19.4. The Balaban J connectivity index is 0.000000152. The molecule has 560 valence electrons. The molecule has 5 fully saturated rings. The quantitative estimate of drug-likeness (QED) is 0.0403. The Labute approximate surface area is 630 Å². The molecule has 0 radical (unpaired) electrons. The van der Waals surface area contributed by atoms with E-state index in [1.165, 1.54) is 44.2 Å². The molecule has 5 saturated carbocycles. The summed E-state index contributed by atoms with van der Waals surface area (Å²) in [4.78, 5) is 59.4. The molecule has 0 atom stereocenters. The number of alkyl halides is 3. The van der Waals surface area contributed by atoms with E-state index in [4.69, 9.17) is 28.4 Å². The number of halogens is 3. The average molecular weight is 1460 g/mol. The molecule has 0 saturated heterocycles. The maximum Gasteiger partial charge on any atom is 0.573 e. The van der Waals surface area contributed by atoms with Crippen LogP contribution in [0.15, 0.2) is 243 Å². The van der Waals surface area contributed by atoms with Crippen LogP contribution >= 0.6 is 0 Å². The van der Waals surface area contributed by atoms with E-state index in [0.717, 1.165) is 100 Å². The summed E-state index contributed by atoms with van der Waals surface area (Å²) in [6, 6.07) is 69.7. The third kappa shape index (κ3) is 22.2. The molecule has 5 aliphatic carbocycles. The van der Waals surface area contributed by atoms with Gasteiger partial charge in [-0.25, -0.2) is 0 Å². The number of amides is 3. The van der Waals surface area contributed by atoms with Crippen LogP contribution in [0.1, 0.15) is 106 Å². The molecule has 0 unspecified atom stereocenters. The lowest BCUT2D eigenvalue weighted by Gasteiger charge is -2.54. The van der Waals surface area contributed by atoms with Gasteiger partial charge in [0.15, 0.2) is 34.5 Å². The summed E-state index contributed by atoms with van der Waals surface area (Å²) in [7, 11) is 4.86. The summed E-state index contributed by atoms with van der Waals surface area (Å²) in [5.41, 5.74) is 9.19. The molecular weight excluding hydrogens is 1370 g/mol. The molecule has 0 N–H and O–H groups in total. The van der Waals surface area contributed by atoms with Crippen molar-refractivity contribution >= 4 is 17.7 Å². The SMILES string of the molecule is COc1cc(CN(CCc2ccccn2)C(=O)C2C3CC4CC(C3)CC2C4)ccc1OCc1ccccc1.COc1cc(CN(CCc2ccccn2)C(=O)C2CC2)ccc1OCc1ccccc1.COc1cc(CN(CCc2ccccn2)C(=O)c2ccc(OC(F)(F)F)cc2)ccc1OCc1ccccc1. The van der Waals surface area contributed by atoms with Gasteiger partial charge in [-0.05, 0) is 199 Å². The number of carbonyl (C=O) groups is 3. The van der Waals surface area contributed by atoms with Crippen molar-refractivity contribution < 1.29 is 60.7 Å². The molecule has 3 heterocycles. The van der Waals surface area contributed by atoms with Gasteiger partial charge in [-0.3, -0.25) is 29.3 Å². The number of carbonyl (C=O) groups excluding carboxylic acids is 3. The summed E-state index contributed by atoms with van der Waals surface area (Å²) in [6.45, 7) is 4.37. The van der Waals surface area contributed by atoms with E-state index in [0.29, 0.717) is 111 Å². The Morgan fingerprint density at radius 3 is 1.11 bits per heavy atom. The first-order valence-electron chi connectivity index (χ1n) is 37.1. The second kappa shape index (κ2) is 37.9. The maximum atomic E-state index is 14.2. The summed E-state index contributed by atoms with van der Waals surface area (Å²) in [5.74, 6) is 6.94. The Morgan fingerprint density at radius 2 is 0.759 bits per heavy atom. The first-order chi connectivity index (χ1) is 52.7. The minimum Gasteiger partial charge on any atom is -0.493 e. The molecule has 3 amide bonds. The van der Waals surface area contributed by atoms with Gasteiger partial charge in [0.2, 0.25) is 11.8 Å². The van der Waals surface area contributed by atoms with E-state index >= 15 is 0 Å². The van der Waals surface area contributed by atoms with Crippen LogP contribution in [0.25, 0.3) is 0 Å². The molecule has 0 aliphatic heterocycles. The summed E-state index contributed by atoms with van der Waals surface area (Å²) >= 11 is 0.